The third-order valence-corrected chi connectivity index (χ3v) is 5.44. The van der Waals surface area contributed by atoms with E-state index >= 15 is 0 Å². The van der Waals surface area contributed by atoms with Gasteiger partial charge in [0.25, 0.3) is 0 Å². The fourth-order valence-corrected chi connectivity index (χ4v) is 4.03. The van der Waals surface area contributed by atoms with Crippen molar-refractivity contribution in [3.8, 4) is 0 Å². The molecule has 7 heteroatoms. The zero-order chi connectivity index (χ0) is 18.8. The predicted molar refractivity (Wildman–Crippen MR) is 101 cm³/mol. The summed E-state index contributed by atoms with van der Waals surface area (Å²) in [7, 11) is 3.80. The van der Waals surface area contributed by atoms with Crippen LogP contribution in [-0.2, 0) is 24.9 Å². The molecule has 1 fully saturated rings. The van der Waals surface area contributed by atoms with Crippen LogP contribution in [0.15, 0.2) is 12.4 Å². The Hall–Kier alpha value is -2.15. The first-order chi connectivity index (χ1) is 12.4. The molecule has 2 aromatic rings. The number of amides is 1. The van der Waals surface area contributed by atoms with Crippen molar-refractivity contribution >= 4 is 5.91 Å². The van der Waals surface area contributed by atoms with Crippen molar-refractivity contribution in [1.29, 1.82) is 0 Å². The van der Waals surface area contributed by atoms with Crippen molar-refractivity contribution in [1.82, 2.24) is 29.8 Å². The number of nitrogens with one attached hydrogen (secondary N) is 1. The summed E-state index contributed by atoms with van der Waals surface area (Å²) in [5.74, 6) is 0.455. The molecule has 1 aliphatic heterocycles. The fraction of sp³-hybridized carbons (Fsp3) is 0.632. The molecule has 26 heavy (non-hydrogen) atoms. The molecule has 1 aliphatic rings. The van der Waals surface area contributed by atoms with Crippen molar-refractivity contribution in [3.63, 3.8) is 0 Å². The Bertz CT molecular complexity index is 777. The third-order valence-electron chi connectivity index (χ3n) is 5.44. The van der Waals surface area contributed by atoms with E-state index in [2.05, 4.69) is 41.0 Å². The number of rotatable bonds is 7. The van der Waals surface area contributed by atoms with Crippen LogP contribution in [-0.4, -0.2) is 44.0 Å². The first kappa shape index (κ1) is 18.6. The lowest BCUT2D eigenvalue weighted by Crippen LogP contribution is -2.29. The molecule has 0 saturated carbocycles. The van der Waals surface area contributed by atoms with Gasteiger partial charge in [0.1, 0.15) is 0 Å². The van der Waals surface area contributed by atoms with E-state index in [0.717, 1.165) is 37.3 Å². The first-order valence-corrected chi connectivity index (χ1v) is 9.40. The van der Waals surface area contributed by atoms with Crippen molar-refractivity contribution < 1.29 is 4.79 Å². The van der Waals surface area contributed by atoms with Crippen LogP contribution in [0.25, 0.3) is 0 Å². The van der Waals surface area contributed by atoms with Crippen molar-refractivity contribution in [2.75, 3.05) is 13.6 Å². The highest BCUT2D eigenvalue weighted by Crippen LogP contribution is 2.36. The van der Waals surface area contributed by atoms with E-state index in [1.54, 1.807) is 4.68 Å². The van der Waals surface area contributed by atoms with Crippen molar-refractivity contribution in [3.05, 3.63) is 34.9 Å². The standard InChI is InChI=1S/C19H30N6O/c1-6-7-25-14(3)17(13(2)22-25)11-20-9-15-8-18(26)24(5)19(15)16-10-21-23(4)12-16/h10,12,15,19-20H,6-9,11H2,1-5H3/t15-,19+/m0/s1. The van der Waals surface area contributed by atoms with Crippen LogP contribution < -0.4 is 5.32 Å². The van der Waals surface area contributed by atoms with Crippen LogP contribution in [0.4, 0.5) is 0 Å². The molecule has 7 nitrogen and oxygen atoms in total. The maximum atomic E-state index is 12.2. The van der Waals surface area contributed by atoms with Crippen LogP contribution in [0.3, 0.4) is 0 Å². The van der Waals surface area contributed by atoms with Gasteiger partial charge in [0.05, 0.1) is 17.9 Å². The van der Waals surface area contributed by atoms with Gasteiger partial charge in [-0.15, -0.1) is 0 Å². The molecule has 1 saturated heterocycles. The average molecular weight is 358 g/mol. The molecule has 0 aromatic carbocycles. The van der Waals surface area contributed by atoms with Gasteiger partial charge in [0.15, 0.2) is 0 Å². The van der Waals surface area contributed by atoms with E-state index < -0.39 is 0 Å². The molecule has 0 radical (unpaired) electrons. The zero-order valence-electron chi connectivity index (χ0n) is 16.5. The number of nitrogens with zero attached hydrogens (tertiary/aromatic N) is 5. The minimum Gasteiger partial charge on any atom is -0.338 e. The molecule has 3 rings (SSSR count). The number of aromatic nitrogens is 4. The second-order valence-electron chi connectivity index (χ2n) is 7.36. The Morgan fingerprint density at radius 2 is 2.08 bits per heavy atom. The lowest BCUT2D eigenvalue weighted by Gasteiger charge is -2.24. The van der Waals surface area contributed by atoms with Gasteiger partial charge in [-0.25, -0.2) is 0 Å². The van der Waals surface area contributed by atoms with Gasteiger partial charge >= 0.3 is 0 Å². The van der Waals surface area contributed by atoms with Gasteiger partial charge < -0.3 is 10.2 Å². The van der Waals surface area contributed by atoms with Crippen LogP contribution in [0.1, 0.15) is 48.3 Å². The number of likely N-dealkylation sites (tertiary alicyclic amines) is 1. The zero-order valence-corrected chi connectivity index (χ0v) is 16.5. The molecule has 0 bridgehead atoms. The molecule has 3 heterocycles. The van der Waals surface area contributed by atoms with Crippen molar-refractivity contribution in [2.24, 2.45) is 13.0 Å². The van der Waals surface area contributed by atoms with Crippen LogP contribution in [0, 0.1) is 19.8 Å². The topological polar surface area (TPSA) is 68.0 Å². The summed E-state index contributed by atoms with van der Waals surface area (Å²) in [5, 5.41) is 12.5. The Balaban J connectivity index is 1.66. The minimum atomic E-state index is 0.0914. The third kappa shape index (κ3) is 3.53. The molecule has 1 amide bonds. The number of hydrogen-bond donors (Lipinski definition) is 1. The summed E-state index contributed by atoms with van der Waals surface area (Å²) in [6.07, 6.45) is 5.54. The number of carbonyl (C=O) groups excluding carboxylic acids is 1. The highest BCUT2D eigenvalue weighted by Gasteiger charge is 2.38. The van der Waals surface area contributed by atoms with E-state index in [-0.39, 0.29) is 17.9 Å². The molecule has 0 unspecified atom stereocenters. The van der Waals surface area contributed by atoms with E-state index in [1.807, 2.05) is 31.4 Å². The normalized spacial score (nSPS) is 20.3. The highest BCUT2D eigenvalue weighted by atomic mass is 16.2. The molecule has 2 atom stereocenters. The highest BCUT2D eigenvalue weighted by molar-refractivity contribution is 5.79. The molecule has 2 aromatic heterocycles. The summed E-state index contributed by atoms with van der Waals surface area (Å²) >= 11 is 0. The summed E-state index contributed by atoms with van der Waals surface area (Å²) in [4.78, 5) is 14.1. The summed E-state index contributed by atoms with van der Waals surface area (Å²) in [6.45, 7) is 8.92. The second kappa shape index (κ2) is 7.61. The Labute approximate surface area is 155 Å². The summed E-state index contributed by atoms with van der Waals surface area (Å²) in [5.41, 5.74) is 4.71. The Morgan fingerprint density at radius 3 is 2.73 bits per heavy atom. The second-order valence-corrected chi connectivity index (χ2v) is 7.36. The van der Waals surface area contributed by atoms with Gasteiger partial charge in [-0.1, -0.05) is 6.92 Å². The number of aryl methyl sites for hydroxylation is 3. The van der Waals surface area contributed by atoms with Gasteiger partial charge in [0, 0.05) is 69.1 Å². The number of hydrogen-bond acceptors (Lipinski definition) is 4. The van der Waals surface area contributed by atoms with Crippen LogP contribution >= 0.6 is 0 Å². The smallest absolute Gasteiger partial charge is 0.223 e. The van der Waals surface area contributed by atoms with E-state index in [4.69, 9.17) is 0 Å². The summed E-state index contributed by atoms with van der Waals surface area (Å²) < 4.78 is 3.89. The molecule has 1 N–H and O–H groups in total. The number of carbonyl (C=O) groups is 1. The maximum absolute atomic E-state index is 12.2. The van der Waals surface area contributed by atoms with E-state index in [0.29, 0.717) is 6.42 Å². The lowest BCUT2D eigenvalue weighted by molar-refractivity contribution is -0.127. The van der Waals surface area contributed by atoms with Crippen LogP contribution in [0.5, 0.6) is 0 Å². The lowest BCUT2D eigenvalue weighted by atomic mass is 9.95. The van der Waals surface area contributed by atoms with Gasteiger partial charge in [0.2, 0.25) is 5.91 Å². The maximum Gasteiger partial charge on any atom is 0.223 e. The fourth-order valence-electron chi connectivity index (χ4n) is 4.03. The molecule has 0 aliphatic carbocycles. The van der Waals surface area contributed by atoms with Crippen molar-refractivity contribution in [2.45, 2.75) is 52.7 Å². The Morgan fingerprint density at radius 1 is 1.31 bits per heavy atom. The molecule has 142 valence electrons. The molecular weight excluding hydrogens is 328 g/mol. The average Bonchev–Trinajstić information content (AvgIpc) is 3.21. The quantitative estimate of drug-likeness (QED) is 0.821. The largest absolute Gasteiger partial charge is 0.338 e. The first-order valence-electron chi connectivity index (χ1n) is 9.40. The predicted octanol–water partition coefficient (Wildman–Crippen LogP) is 1.95. The summed E-state index contributed by atoms with van der Waals surface area (Å²) in [6, 6.07) is 0.0914. The SMILES string of the molecule is CCCn1nc(C)c(CNC[C@@H]2CC(=O)N(C)[C@H]2c2cnn(C)c2)c1C. The van der Waals surface area contributed by atoms with Crippen LogP contribution in [0.2, 0.25) is 0 Å². The van der Waals surface area contributed by atoms with E-state index in [1.165, 1.54) is 11.3 Å². The van der Waals surface area contributed by atoms with Gasteiger partial charge in [-0.3, -0.25) is 14.2 Å². The molecular formula is C19H30N6O. The van der Waals surface area contributed by atoms with Gasteiger partial charge in [-0.2, -0.15) is 10.2 Å². The monoisotopic (exact) mass is 358 g/mol. The van der Waals surface area contributed by atoms with Gasteiger partial charge in [-0.05, 0) is 20.3 Å². The molecule has 0 spiro atoms. The minimum absolute atomic E-state index is 0.0914. The Kier molecular flexibility index (Phi) is 5.46. The van der Waals surface area contributed by atoms with E-state index in [9.17, 15) is 4.79 Å².